The van der Waals surface area contributed by atoms with E-state index < -0.39 is 6.36 Å². The van der Waals surface area contributed by atoms with Crippen LogP contribution in [0, 0.1) is 6.92 Å². The highest BCUT2D eigenvalue weighted by Crippen LogP contribution is 2.27. The first-order valence-electron chi connectivity index (χ1n) is 5.77. The molecule has 2 rings (SSSR count). The molecule has 4 nitrogen and oxygen atoms in total. The third-order valence-electron chi connectivity index (χ3n) is 2.44. The van der Waals surface area contributed by atoms with Crippen molar-refractivity contribution in [2.45, 2.75) is 13.3 Å². The summed E-state index contributed by atoms with van der Waals surface area (Å²) >= 11 is 0. The molecule has 7 heteroatoms. The molecular formula is C13H12F3N3O. The topological polar surface area (TPSA) is 47.0 Å². The van der Waals surface area contributed by atoms with Gasteiger partial charge in [-0.3, -0.25) is 0 Å². The molecule has 0 aliphatic rings. The van der Waals surface area contributed by atoms with Gasteiger partial charge in [0.2, 0.25) is 5.95 Å². The average Bonchev–Trinajstić information content (AvgIpc) is 2.36. The summed E-state index contributed by atoms with van der Waals surface area (Å²) in [5.74, 6) is 0.124. The number of benzene rings is 1. The van der Waals surface area contributed by atoms with Crippen LogP contribution in [0.1, 0.15) is 5.69 Å². The van der Waals surface area contributed by atoms with Crippen LogP contribution in [-0.2, 0) is 0 Å². The summed E-state index contributed by atoms with van der Waals surface area (Å²) in [5, 5.41) is 2.80. The zero-order valence-corrected chi connectivity index (χ0v) is 10.8. The summed E-state index contributed by atoms with van der Waals surface area (Å²) in [6.45, 7) is 1.78. The van der Waals surface area contributed by atoms with Crippen LogP contribution >= 0.6 is 0 Å². The lowest BCUT2D eigenvalue weighted by molar-refractivity contribution is -0.274. The maximum atomic E-state index is 12.2. The van der Waals surface area contributed by atoms with Crippen molar-refractivity contribution < 1.29 is 17.9 Å². The molecule has 0 fully saturated rings. The van der Waals surface area contributed by atoms with Crippen LogP contribution in [0.3, 0.4) is 0 Å². The van der Waals surface area contributed by atoms with Crippen molar-refractivity contribution in [1.29, 1.82) is 0 Å². The first-order chi connectivity index (χ1) is 9.37. The monoisotopic (exact) mass is 283 g/mol. The van der Waals surface area contributed by atoms with E-state index in [9.17, 15) is 13.2 Å². The Morgan fingerprint density at radius 3 is 2.55 bits per heavy atom. The fourth-order valence-electron chi connectivity index (χ4n) is 1.68. The molecule has 1 aromatic heterocycles. The third-order valence-corrected chi connectivity index (χ3v) is 2.44. The lowest BCUT2D eigenvalue weighted by atomic mass is 10.1. The van der Waals surface area contributed by atoms with E-state index in [-0.39, 0.29) is 5.75 Å². The molecule has 2 aromatic rings. The number of aryl methyl sites for hydroxylation is 1. The molecule has 1 aromatic carbocycles. The number of hydrogen-bond acceptors (Lipinski definition) is 4. The van der Waals surface area contributed by atoms with Crippen molar-refractivity contribution in [2.75, 3.05) is 12.4 Å². The van der Waals surface area contributed by atoms with Crippen LogP contribution in [0.5, 0.6) is 5.75 Å². The van der Waals surface area contributed by atoms with Gasteiger partial charge >= 0.3 is 6.36 Å². The summed E-state index contributed by atoms with van der Waals surface area (Å²) in [6.07, 6.45) is -4.71. The Balaban J connectivity index is 2.38. The zero-order valence-electron chi connectivity index (χ0n) is 10.8. The smallest absolute Gasteiger partial charge is 0.406 e. The van der Waals surface area contributed by atoms with Gasteiger partial charge in [-0.2, -0.15) is 0 Å². The van der Waals surface area contributed by atoms with E-state index in [4.69, 9.17) is 0 Å². The second-order valence-electron chi connectivity index (χ2n) is 4.04. The molecule has 0 saturated carbocycles. The van der Waals surface area contributed by atoms with E-state index in [0.29, 0.717) is 22.9 Å². The minimum atomic E-state index is -4.71. The van der Waals surface area contributed by atoms with E-state index in [1.165, 1.54) is 18.2 Å². The number of ether oxygens (including phenoxy) is 1. The number of nitrogens with one attached hydrogen (secondary N) is 1. The highest BCUT2D eigenvalue weighted by atomic mass is 19.4. The Morgan fingerprint density at radius 2 is 1.90 bits per heavy atom. The maximum absolute atomic E-state index is 12.2. The second kappa shape index (κ2) is 5.36. The van der Waals surface area contributed by atoms with Crippen LogP contribution in [0.2, 0.25) is 0 Å². The first kappa shape index (κ1) is 14.1. The fraction of sp³-hybridized carbons (Fsp3) is 0.231. The largest absolute Gasteiger partial charge is 0.573 e. The number of anilines is 1. The molecule has 0 atom stereocenters. The summed E-state index contributed by atoms with van der Waals surface area (Å²) in [6, 6.07) is 7.35. The number of hydrogen-bond donors (Lipinski definition) is 1. The van der Waals surface area contributed by atoms with Crippen LogP contribution in [-0.4, -0.2) is 23.4 Å². The second-order valence-corrected chi connectivity index (χ2v) is 4.04. The summed E-state index contributed by atoms with van der Waals surface area (Å²) in [5.41, 5.74) is 1.75. The van der Waals surface area contributed by atoms with Crippen molar-refractivity contribution in [3.63, 3.8) is 0 Å². The Bertz CT molecular complexity index is 614. The van der Waals surface area contributed by atoms with E-state index in [1.54, 1.807) is 26.1 Å². The van der Waals surface area contributed by atoms with Gasteiger partial charge in [0, 0.05) is 18.3 Å². The van der Waals surface area contributed by atoms with Crippen molar-refractivity contribution in [3.05, 3.63) is 36.0 Å². The molecule has 106 valence electrons. The predicted molar refractivity (Wildman–Crippen MR) is 68.4 cm³/mol. The van der Waals surface area contributed by atoms with E-state index >= 15 is 0 Å². The van der Waals surface area contributed by atoms with Gasteiger partial charge in [-0.05, 0) is 25.1 Å². The Kier molecular flexibility index (Phi) is 3.78. The Morgan fingerprint density at radius 1 is 1.15 bits per heavy atom. The van der Waals surface area contributed by atoms with Crippen LogP contribution in [0.4, 0.5) is 19.1 Å². The molecule has 1 heterocycles. The standard InChI is InChI=1S/C13H12F3N3O/c1-8-6-11(19-12(17-2)18-8)9-4-3-5-10(7-9)20-13(14,15)16/h3-7H,1-2H3,(H,17,18,19). The van der Waals surface area contributed by atoms with Gasteiger partial charge in [-0.25, -0.2) is 9.97 Å². The first-order valence-corrected chi connectivity index (χ1v) is 5.77. The molecule has 0 spiro atoms. The SMILES string of the molecule is CNc1nc(C)cc(-c2cccc(OC(F)(F)F)c2)n1. The van der Waals surface area contributed by atoms with Gasteiger partial charge in [0.05, 0.1) is 5.69 Å². The Hall–Kier alpha value is -2.31. The lowest BCUT2D eigenvalue weighted by Crippen LogP contribution is -2.17. The molecule has 1 N–H and O–H groups in total. The predicted octanol–water partition coefficient (Wildman–Crippen LogP) is 3.39. The quantitative estimate of drug-likeness (QED) is 0.938. The molecule has 0 unspecified atom stereocenters. The van der Waals surface area contributed by atoms with Gasteiger partial charge in [0.1, 0.15) is 5.75 Å². The lowest BCUT2D eigenvalue weighted by Gasteiger charge is -2.10. The minimum Gasteiger partial charge on any atom is -0.406 e. The van der Waals surface area contributed by atoms with Crippen molar-refractivity contribution >= 4 is 5.95 Å². The van der Waals surface area contributed by atoms with Crippen LogP contribution < -0.4 is 10.1 Å². The fourth-order valence-corrected chi connectivity index (χ4v) is 1.68. The number of aromatic nitrogens is 2. The van der Waals surface area contributed by atoms with Crippen molar-refractivity contribution in [2.24, 2.45) is 0 Å². The summed E-state index contributed by atoms with van der Waals surface area (Å²) in [4.78, 5) is 8.33. The molecule has 0 bridgehead atoms. The van der Waals surface area contributed by atoms with E-state index in [0.717, 1.165) is 0 Å². The van der Waals surface area contributed by atoms with Crippen molar-refractivity contribution in [3.8, 4) is 17.0 Å². The van der Waals surface area contributed by atoms with Gasteiger partial charge < -0.3 is 10.1 Å². The van der Waals surface area contributed by atoms with Gasteiger partial charge in [0.15, 0.2) is 0 Å². The minimum absolute atomic E-state index is 0.280. The molecule has 0 saturated heterocycles. The van der Waals surface area contributed by atoms with Crippen molar-refractivity contribution in [1.82, 2.24) is 9.97 Å². The molecule has 0 radical (unpaired) electrons. The summed E-state index contributed by atoms with van der Waals surface area (Å²) < 4.78 is 40.5. The number of halogens is 3. The molecule has 0 aliphatic heterocycles. The highest BCUT2D eigenvalue weighted by Gasteiger charge is 2.31. The van der Waals surface area contributed by atoms with Crippen LogP contribution in [0.25, 0.3) is 11.3 Å². The van der Waals surface area contributed by atoms with Crippen LogP contribution in [0.15, 0.2) is 30.3 Å². The molecule has 20 heavy (non-hydrogen) atoms. The number of alkyl halides is 3. The molecule has 0 aliphatic carbocycles. The number of rotatable bonds is 3. The molecule has 0 amide bonds. The normalized spacial score (nSPS) is 11.2. The van der Waals surface area contributed by atoms with Gasteiger partial charge in [-0.1, -0.05) is 12.1 Å². The van der Waals surface area contributed by atoms with E-state index in [1.807, 2.05) is 0 Å². The summed E-state index contributed by atoms with van der Waals surface area (Å²) in [7, 11) is 1.67. The highest BCUT2D eigenvalue weighted by molar-refractivity contribution is 5.62. The molecular weight excluding hydrogens is 271 g/mol. The Labute approximate surface area is 113 Å². The average molecular weight is 283 g/mol. The van der Waals surface area contributed by atoms with E-state index in [2.05, 4.69) is 20.0 Å². The van der Waals surface area contributed by atoms with Gasteiger partial charge in [0.25, 0.3) is 0 Å². The third kappa shape index (κ3) is 3.59. The zero-order chi connectivity index (χ0) is 14.8. The number of nitrogens with zero attached hydrogens (tertiary/aromatic N) is 2. The van der Waals surface area contributed by atoms with Gasteiger partial charge in [-0.15, -0.1) is 13.2 Å². The maximum Gasteiger partial charge on any atom is 0.573 e.